The van der Waals surface area contributed by atoms with E-state index in [1.807, 2.05) is 6.07 Å². The summed E-state index contributed by atoms with van der Waals surface area (Å²) in [6.07, 6.45) is 0.440. The molecule has 0 spiro atoms. The number of fused-ring (bicyclic) bond motifs is 1. The van der Waals surface area contributed by atoms with E-state index in [4.69, 9.17) is 23.1 Å². The maximum absolute atomic E-state index is 14.9. The highest BCUT2D eigenvalue weighted by atomic mass is 35.5. The first-order chi connectivity index (χ1) is 16.7. The molecule has 9 nitrogen and oxygen atoms in total. The van der Waals surface area contributed by atoms with Crippen LogP contribution >= 0.6 is 11.6 Å². The SMILES string of the molecule is CCCN(c1nc(N)nc(N)c1C#N)c1nc2ccc(Cl)c(F)c2c(=O)n1-c1cc(F)cc(F)c1. The summed E-state index contributed by atoms with van der Waals surface area (Å²) in [5, 5.41) is 8.84. The van der Waals surface area contributed by atoms with E-state index in [9.17, 15) is 23.2 Å². The number of rotatable bonds is 5. The van der Waals surface area contributed by atoms with Gasteiger partial charge in [0.2, 0.25) is 11.9 Å². The first kappa shape index (κ1) is 23.8. The number of benzene rings is 2. The lowest BCUT2D eigenvalue weighted by Gasteiger charge is -2.26. The van der Waals surface area contributed by atoms with Gasteiger partial charge in [0.1, 0.15) is 34.5 Å². The molecular formula is C22H16ClF3N8O. The van der Waals surface area contributed by atoms with Crippen molar-refractivity contribution in [2.24, 2.45) is 0 Å². The monoisotopic (exact) mass is 500 g/mol. The molecule has 0 saturated carbocycles. The molecule has 0 fully saturated rings. The summed E-state index contributed by atoms with van der Waals surface area (Å²) >= 11 is 5.87. The van der Waals surface area contributed by atoms with Gasteiger partial charge in [0, 0.05) is 12.6 Å². The number of nitrogens with zero attached hydrogens (tertiary/aromatic N) is 6. The van der Waals surface area contributed by atoms with Gasteiger partial charge < -0.3 is 11.5 Å². The molecule has 0 unspecified atom stereocenters. The van der Waals surface area contributed by atoms with Crippen LogP contribution in [0.5, 0.6) is 0 Å². The highest BCUT2D eigenvalue weighted by Gasteiger charge is 2.26. The lowest BCUT2D eigenvalue weighted by atomic mass is 10.2. The van der Waals surface area contributed by atoms with Gasteiger partial charge in [-0.15, -0.1) is 0 Å². The van der Waals surface area contributed by atoms with E-state index in [2.05, 4.69) is 15.0 Å². The summed E-state index contributed by atoms with van der Waals surface area (Å²) in [5.41, 5.74) is 10.1. The van der Waals surface area contributed by atoms with Crippen LogP contribution in [0, 0.1) is 28.8 Å². The average Bonchev–Trinajstić information content (AvgIpc) is 2.78. The second kappa shape index (κ2) is 9.11. The van der Waals surface area contributed by atoms with Gasteiger partial charge in [0.15, 0.2) is 11.6 Å². The largest absolute Gasteiger partial charge is 0.382 e. The van der Waals surface area contributed by atoms with Gasteiger partial charge in [0.05, 0.1) is 16.2 Å². The van der Waals surface area contributed by atoms with Crippen molar-refractivity contribution >= 4 is 46.0 Å². The minimum Gasteiger partial charge on any atom is -0.382 e. The molecule has 13 heteroatoms. The van der Waals surface area contributed by atoms with Gasteiger partial charge in [0.25, 0.3) is 5.56 Å². The molecule has 4 N–H and O–H groups in total. The van der Waals surface area contributed by atoms with Crippen LogP contribution in [-0.2, 0) is 0 Å². The molecule has 4 aromatic rings. The molecule has 0 atom stereocenters. The molecule has 35 heavy (non-hydrogen) atoms. The van der Waals surface area contributed by atoms with Crippen LogP contribution in [0.15, 0.2) is 35.1 Å². The van der Waals surface area contributed by atoms with E-state index in [-0.39, 0.29) is 51.9 Å². The van der Waals surface area contributed by atoms with Gasteiger partial charge in [-0.25, -0.2) is 22.7 Å². The molecule has 2 aromatic carbocycles. The van der Waals surface area contributed by atoms with Crippen LogP contribution < -0.4 is 21.9 Å². The van der Waals surface area contributed by atoms with Crippen LogP contribution in [0.4, 0.5) is 36.7 Å². The summed E-state index contributed by atoms with van der Waals surface area (Å²) in [7, 11) is 0. The Bertz CT molecular complexity index is 1560. The van der Waals surface area contributed by atoms with Gasteiger partial charge in [-0.1, -0.05) is 18.5 Å². The molecule has 0 aliphatic heterocycles. The molecule has 2 aromatic heterocycles. The minimum absolute atomic E-state index is 0.0883. The van der Waals surface area contributed by atoms with E-state index < -0.39 is 28.4 Å². The zero-order valence-electron chi connectivity index (χ0n) is 18.1. The highest BCUT2D eigenvalue weighted by Crippen LogP contribution is 2.32. The van der Waals surface area contributed by atoms with Crippen LogP contribution in [-0.4, -0.2) is 26.1 Å². The highest BCUT2D eigenvalue weighted by molar-refractivity contribution is 6.31. The second-order valence-corrected chi connectivity index (χ2v) is 7.77. The van der Waals surface area contributed by atoms with Crippen molar-refractivity contribution < 1.29 is 13.2 Å². The van der Waals surface area contributed by atoms with E-state index >= 15 is 0 Å². The van der Waals surface area contributed by atoms with Crippen LogP contribution in [0.1, 0.15) is 18.9 Å². The average molecular weight is 501 g/mol. The molecule has 0 amide bonds. The van der Waals surface area contributed by atoms with E-state index in [0.29, 0.717) is 12.5 Å². The third-order valence-corrected chi connectivity index (χ3v) is 5.30. The number of nitrogens with two attached hydrogens (primary N) is 2. The number of halogens is 4. The molecule has 0 bridgehead atoms. The lowest BCUT2D eigenvalue weighted by molar-refractivity contribution is 0.581. The first-order valence-corrected chi connectivity index (χ1v) is 10.5. The third kappa shape index (κ3) is 4.17. The number of nitriles is 1. The fourth-order valence-electron chi connectivity index (χ4n) is 3.59. The molecule has 178 valence electrons. The first-order valence-electron chi connectivity index (χ1n) is 10.1. The second-order valence-electron chi connectivity index (χ2n) is 7.36. The van der Waals surface area contributed by atoms with E-state index in [1.165, 1.54) is 17.0 Å². The lowest BCUT2D eigenvalue weighted by Crippen LogP contribution is -2.32. The summed E-state index contributed by atoms with van der Waals surface area (Å²) in [4.78, 5) is 27.2. The predicted octanol–water partition coefficient (Wildman–Crippen LogP) is 3.83. The molecule has 2 heterocycles. The van der Waals surface area contributed by atoms with Gasteiger partial charge in [-0.3, -0.25) is 9.69 Å². The number of anilines is 4. The Morgan fingerprint density at radius 2 is 1.80 bits per heavy atom. The van der Waals surface area contributed by atoms with Crippen LogP contribution in [0.2, 0.25) is 5.02 Å². The van der Waals surface area contributed by atoms with Gasteiger partial charge >= 0.3 is 0 Å². The van der Waals surface area contributed by atoms with Crippen LogP contribution in [0.25, 0.3) is 16.6 Å². The predicted molar refractivity (Wildman–Crippen MR) is 125 cm³/mol. The smallest absolute Gasteiger partial charge is 0.270 e. The van der Waals surface area contributed by atoms with Crippen molar-refractivity contribution in [2.75, 3.05) is 22.9 Å². The molecular weight excluding hydrogens is 485 g/mol. The van der Waals surface area contributed by atoms with Crippen molar-refractivity contribution in [3.8, 4) is 11.8 Å². The molecule has 0 aliphatic carbocycles. The zero-order chi connectivity index (χ0) is 25.4. The van der Waals surface area contributed by atoms with E-state index in [1.54, 1.807) is 6.92 Å². The quantitative estimate of drug-likeness (QED) is 0.421. The van der Waals surface area contributed by atoms with Crippen molar-refractivity contribution in [2.45, 2.75) is 13.3 Å². The fourth-order valence-corrected chi connectivity index (χ4v) is 3.75. The molecule has 0 saturated heterocycles. The number of hydrogen-bond donors (Lipinski definition) is 2. The number of nitrogen functional groups attached to an aromatic ring is 2. The maximum atomic E-state index is 14.9. The van der Waals surface area contributed by atoms with Gasteiger partial charge in [-0.05, 0) is 30.7 Å². The summed E-state index contributed by atoms with van der Waals surface area (Å²) in [5.74, 6) is -3.81. The van der Waals surface area contributed by atoms with Gasteiger partial charge in [-0.2, -0.15) is 15.2 Å². The number of hydrogen-bond acceptors (Lipinski definition) is 8. The van der Waals surface area contributed by atoms with E-state index in [0.717, 1.165) is 16.7 Å². The summed E-state index contributed by atoms with van der Waals surface area (Å²) in [6.45, 7) is 1.90. The van der Waals surface area contributed by atoms with Crippen molar-refractivity contribution in [1.29, 1.82) is 5.26 Å². The fraction of sp³-hybridized carbons (Fsp3) is 0.136. The van der Waals surface area contributed by atoms with Crippen molar-refractivity contribution in [3.63, 3.8) is 0 Å². The standard InChI is InChI=1S/C22H16ClF3N8O/c1-2-5-33(19-13(9-27)18(28)31-21(29)32-19)22-30-15-4-3-14(23)17(26)16(15)20(35)34(22)12-7-10(24)6-11(25)8-12/h3-4,6-8H,2,5H2,1H3,(H4,28,29,31,32). The topological polar surface area (TPSA) is 140 Å². The Morgan fingerprint density at radius 3 is 2.43 bits per heavy atom. The third-order valence-electron chi connectivity index (χ3n) is 5.01. The van der Waals surface area contributed by atoms with Crippen LogP contribution in [0.3, 0.4) is 0 Å². The Labute approximate surface area is 201 Å². The molecule has 0 radical (unpaired) electrons. The normalized spacial score (nSPS) is 11.0. The number of aromatic nitrogens is 4. The molecule has 0 aliphatic rings. The zero-order valence-corrected chi connectivity index (χ0v) is 18.8. The summed E-state index contributed by atoms with van der Waals surface area (Å²) in [6, 6.07) is 6.79. The van der Waals surface area contributed by atoms with Crippen molar-refractivity contribution in [1.82, 2.24) is 19.5 Å². The minimum atomic E-state index is -1.05. The Balaban J connectivity index is 2.18. The Kier molecular flexibility index (Phi) is 6.19. The summed E-state index contributed by atoms with van der Waals surface area (Å²) < 4.78 is 44.0. The maximum Gasteiger partial charge on any atom is 0.270 e. The Hall–Kier alpha value is -4.37. The Morgan fingerprint density at radius 1 is 1.11 bits per heavy atom. The van der Waals surface area contributed by atoms with Crippen molar-refractivity contribution in [3.05, 3.63) is 68.7 Å². The molecule has 4 rings (SSSR count).